The molecule has 1 aromatic rings. The summed E-state index contributed by atoms with van der Waals surface area (Å²) in [6.07, 6.45) is 3.27. The molecule has 1 fully saturated rings. The van der Waals surface area contributed by atoms with E-state index in [0.717, 1.165) is 13.1 Å². The van der Waals surface area contributed by atoms with E-state index >= 15 is 0 Å². The number of aromatic nitrogens is 2. The first kappa shape index (κ1) is 12.8. The molecule has 0 N–H and O–H groups in total. The van der Waals surface area contributed by atoms with Crippen molar-refractivity contribution < 1.29 is 14.3 Å². The molecule has 0 spiro atoms. The summed E-state index contributed by atoms with van der Waals surface area (Å²) in [6.45, 7) is 5.54. The van der Waals surface area contributed by atoms with Gasteiger partial charge in [-0.3, -0.25) is 0 Å². The van der Waals surface area contributed by atoms with Gasteiger partial charge in [-0.2, -0.15) is 0 Å². The van der Waals surface area contributed by atoms with Gasteiger partial charge in [-0.05, 0) is 13.8 Å². The first-order valence-electron chi connectivity index (χ1n) is 5.91. The Morgan fingerprint density at radius 2 is 1.89 bits per heavy atom. The summed E-state index contributed by atoms with van der Waals surface area (Å²) in [5, 5.41) is 0. The number of carbonyl (C=O) groups is 1. The van der Waals surface area contributed by atoms with Gasteiger partial charge in [0, 0.05) is 25.5 Å². The Kier molecular flexibility index (Phi) is 3.76. The number of rotatable bonds is 2. The SMILES string of the molecule is COC(=O)c1cnc(N2CC(C)OC(C)C2)nc1. The van der Waals surface area contributed by atoms with Crippen molar-refractivity contribution in [3.63, 3.8) is 0 Å². The van der Waals surface area contributed by atoms with Crippen molar-refractivity contribution in [2.75, 3.05) is 25.1 Å². The Bertz CT molecular complexity index is 411. The fourth-order valence-corrected chi connectivity index (χ4v) is 2.05. The maximum absolute atomic E-state index is 11.3. The number of morpholine rings is 1. The van der Waals surface area contributed by atoms with Crippen molar-refractivity contribution in [2.24, 2.45) is 0 Å². The van der Waals surface area contributed by atoms with Crippen LogP contribution in [0.25, 0.3) is 0 Å². The molecule has 0 aliphatic carbocycles. The fraction of sp³-hybridized carbons (Fsp3) is 0.583. The van der Waals surface area contributed by atoms with Crippen LogP contribution in [0.5, 0.6) is 0 Å². The lowest BCUT2D eigenvalue weighted by Crippen LogP contribution is -2.46. The molecular weight excluding hydrogens is 234 g/mol. The van der Waals surface area contributed by atoms with Gasteiger partial charge in [-0.15, -0.1) is 0 Å². The maximum atomic E-state index is 11.3. The lowest BCUT2D eigenvalue weighted by atomic mass is 10.2. The Balaban J connectivity index is 2.11. The third kappa shape index (κ3) is 2.76. The Morgan fingerprint density at radius 1 is 1.33 bits per heavy atom. The van der Waals surface area contributed by atoms with Crippen molar-refractivity contribution in [1.29, 1.82) is 0 Å². The molecule has 0 bridgehead atoms. The van der Waals surface area contributed by atoms with Crippen LogP contribution in [0.1, 0.15) is 24.2 Å². The number of carbonyl (C=O) groups excluding carboxylic acids is 1. The highest BCUT2D eigenvalue weighted by Gasteiger charge is 2.24. The Morgan fingerprint density at radius 3 is 2.39 bits per heavy atom. The van der Waals surface area contributed by atoms with Crippen LogP contribution in [0.4, 0.5) is 5.95 Å². The standard InChI is InChI=1S/C12H17N3O3/c1-8-6-15(7-9(2)18-8)12-13-4-10(5-14-12)11(16)17-3/h4-5,8-9H,6-7H2,1-3H3. The van der Waals surface area contributed by atoms with E-state index in [0.29, 0.717) is 11.5 Å². The average Bonchev–Trinajstić information content (AvgIpc) is 2.37. The second kappa shape index (κ2) is 5.30. The van der Waals surface area contributed by atoms with E-state index in [1.807, 2.05) is 13.8 Å². The second-order valence-corrected chi connectivity index (χ2v) is 4.43. The molecule has 1 saturated heterocycles. The highest BCUT2D eigenvalue weighted by molar-refractivity contribution is 5.88. The molecule has 1 aliphatic heterocycles. The summed E-state index contributed by atoms with van der Waals surface area (Å²) in [5.74, 6) is 0.190. The molecule has 1 aromatic heterocycles. The van der Waals surface area contributed by atoms with E-state index in [9.17, 15) is 4.79 Å². The van der Waals surface area contributed by atoms with Crippen LogP contribution in [0.3, 0.4) is 0 Å². The number of hydrogen-bond acceptors (Lipinski definition) is 6. The van der Waals surface area contributed by atoms with E-state index in [2.05, 4.69) is 19.6 Å². The summed E-state index contributed by atoms with van der Waals surface area (Å²) < 4.78 is 10.2. The third-order valence-electron chi connectivity index (χ3n) is 2.76. The van der Waals surface area contributed by atoms with Crippen LogP contribution in [-0.2, 0) is 9.47 Å². The van der Waals surface area contributed by atoms with Crippen LogP contribution < -0.4 is 4.90 Å². The molecular formula is C12H17N3O3. The van der Waals surface area contributed by atoms with Gasteiger partial charge in [0.25, 0.3) is 0 Å². The summed E-state index contributed by atoms with van der Waals surface area (Å²) in [5.41, 5.74) is 0.357. The molecule has 0 amide bonds. The summed E-state index contributed by atoms with van der Waals surface area (Å²) >= 11 is 0. The van der Waals surface area contributed by atoms with Crippen LogP contribution in [0.2, 0.25) is 0 Å². The van der Waals surface area contributed by atoms with Gasteiger partial charge in [-0.1, -0.05) is 0 Å². The molecule has 2 atom stereocenters. The molecule has 2 rings (SSSR count). The zero-order valence-electron chi connectivity index (χ0n) is 10.8. The molecule has 6 heteroatoms. The Hall–Kier alpha value is -1.69. The minimum Gasteiger partial charge on any atom is -0.465 e. The highest BCUT2D eigenvalue weighted by Crippen LogP contribution is 2.16. The van der Waals surface area contributed by atoms with E-state index in [1.165, 1.54) is 19.5 Å². The van der Waals surface area contributed by atoms with Gasteiger partial charge in [-0.25, -0.2) is 14.8 Å². The van der Waals surface area contributed by atoms with Gasteiger partial charge in [0.05, 0.1) is 24.9 Å². The maximum Gasteiger partial charge on any atom is 0.341 e. The lowest BCUT2D eigenvalue weighted by molar-refractivity contribution is -0.00573. The van der Waals surface area contributed by atoms with E-state index in [-0.39, 0.29) is 12.2 Å². The van der Waals surface area contributed by atoms with E-state index < -0.39 is 5.97 Å². The largest absolute Gasteiger partial charge is 0.465 e. The predicted molar refractivity (Wildman–Crippen MR) is 65.6 cm³/mol. The van der Waals surface area contributed by atoms with Crippen LogP contribution in [-0.4, -0.2) is 48.3 Å². The van der Waals surface area contributed by atoms with Crippen molar-refractivity contribution in [1.82, 2.24) is 9.97 Å². The van der Waals surface area contributed by atoms with Crippen LogP contribution >= 0.6 is 0 Å². The molecule has 2 unspecified atom stereocenters. The van der Waals surface area contributed by atoms with Crippen LogP contribution in [0.15, 0.2) is 12.4 Å². The molecule has 0 saturated carbocycles. The molecule has 1 aliphatic rings. The zero-order valence-corrected chi connectivity index (χ0v) is 10.8. The first-order valence-corrected chi connectivity index (χ1v) is 5.91. The minimum atomic E-state index is -0.426. The highest BCUT2D eigenvalue weighted by atomic mass is 16.5. The molecule has 2 heterocycles. The summed E-state index contributed by atoms with van der Waals surface area (Å²) in [6, 6.07) is 0. The number of anilines is 1. The number of hydrogen-bond donors (Lipinski definition) is 0. The Labute approximate surface area is 106 Å². The molecule has 6 nitrogen and oxygen atoms in total. The van der Waals surface area contributed by atoms with Crippen molar-refractivity contribution in [3.8, 4) is 0 Å². The summed E-state index contributed by atoms with van der Waals surface area (Å²) in [7, 11) is 1.33. The molecule has 18 heavy (non-hydrogen) atoms. The van der Waals surface area contributed by atoms with Gasteiger partial charge in [0.15, 0.2) is 0 Å². The van der Waals surface area contributed by atoms with Gasteiger partial charge < -0.3 is 14.4 Å². The van der Waals surface area contributed by atoms with Crippen LogP contribution in [0, 0.1) is 0 Å². The van der Waals surface area contributed by atoms with E-state index in [1.54, 1.807) is 0 Å². The normalized spacial score (nSPS) is 23.8. The molecule has 98 valence electrons. The number of ether oxygens (including phenoxy) is 2. The number of methoxy groups -OCH3 is 1. The minimum absolute atomic E-state index is 0.151. The average molecular weight is 251 g/mol. The lowest BCUT2D eigenvalue weighted by Gasteiger charge is -2.35. The zero-order chi connectivity index (χ0) is 13.1. The quantitative estimate of drug-likeness (QED) is 0.727. The van der Waals surface area contributed by atoms with Crippen molar-refractivity contribution >= 4 is 11.9 Å². The van der Waals surface area contributed by atoms with Gasteiger partial charge in [0.2, 0.25) is 5.95 Å². The van der Waals surface area contributed by atoms with Gasteiger partial charge in [0.1, 0.15) is 0 Å². The van der Waals surface area contributed by atoms with Crippen molar-refractivity contribution in [2.45, 2.75) is 26.1 Å². The topological polar surface area (TPSA) is 64.5 Å². The van der Waals surface area contributed by atoms with Crippen molar-refractivity contribution in [3.05, 3.63) is 18.0 Å². The third-order valence-corrected chi connectivity index (χ3v) is 2.76. The second-order valence-electron chi connectivity index (χ2n) is 4.43. The number of esters is 1. The fourth-order valence-electron chi connectivity index (χ4n) is 2.05. The smallest absolute Gasteiger partial charge is 0.341 e. The first-order chi connectivity index (χ1) is 8.60. The molecule has 0 radical (unpaired) electrons. The monoisotopic (exact) mass is 251 g/mol. The predicted octanol–water partition coefficient (Wildman–Crippen LogP) is 0.877. The summed E-state index contributed by atoms with van der Waals surface area (Å²) in [4.78, 5) is 21.7. The number of nitrogens with zero attached hydrogens (tertiary/aromatic N) is 3. The van der Waals surface area contributed by atoms with Gasteiger partial charge >= 0.3 is 5.97 Å². The molecule has 0 aromatic carbocycles. The van der Waals surface area contributed by atoms with E-state index in [4.69, 9.17) is 4.74 Å².